The van der Waals surface area contributed by atoms with Gasteiger partial charge in [-0.2, -0.15) is 0 Å². The molecule has 0 spiro atoms. The van der Waals surface area contributed by atoms with Crippen LogP contribution in [-0.4, -0.2) is 15.0 Å². The SMILES string of the molecule is C#CCCNS(=O)(=O)c1c(C)ccc(C)c1N. The van der Waals surface area contributed by atoms with Gasteiger partial charge in [0.1, 0.15) is 4.90 Å². The van der Waals surface area contributed by atoms with E-state index in [2.05, 4.69) is 10.6 Å². The summed E-state index contributed by atoms with van der Waals surface area (Å²) in [6.45, 7) is 3.70. The van der Waals surface area contributed by atoms with E-state index in [9.17, 15) is 8.42 Å². The van der Waals surface area contributed by atoms with Crippen LogP contribution in [0.1, 0.15) is 17.5 Å². The Balaban J connectivity index is 3.16. The first kappa shape index (κ1) is 13.6. The van der Waals surface area contributed by atoms with E-state index in [0.717, 1.165) is 5.56 Å². The minimum atomic E-state index is -3.59. The Morgan fingerprint density at radius 3 is 2.53 bits per heavy atom. The molecule has 0 bridgehead atoms. The van der Waals surface area contributed by atoms with Gasteiger partial charge in [0.2, 0.25) is 10.0 Å². The van der Waals surface area contributed by atoms with E-state index in [4.69, 9.17) is 12.2 Å². The Labute approximate surface area is 102 Å². The molecule has 0 saturated carbocycles. The zero-order valence-corrected chi connectivity index (χ0v) is 10.8. The predicted molar refractivity (Wildman–Crippen MR) is 69.0 cm³/mol. The largest absolute Gasteiger partial charge is 0.397 e. The Morgan fingerprint density at radius 2 is 1.94 bits per heavy atom. The van der Waals surface area contributed by atoms with Crippen LogP contribution in [0.3, 0.4) is 0 Å². The molecule has 0 unspecified atom stereocenters. The van der Waals surface area contributed by atoms with Crippen molar-refractivity contribution in [3.8, 4) is 12.3 Å². The third-order valence-corrected chi connectivity index (χ3v) is 4.10. The number of benzene rings is 1. The monoisotopic (exact) mass is 252 g/mol. The van der Waals surface area contributed by atoms with E-state index in [0.29, 0.717) is 17.7 Å². The topological polar surface area (TPSA) is 72.2 Å². The van der Waals surface area contributed by atoms with Crippen molar-refractivity contribution in [1.82, 2.24) is 4.72 Å². The van der Waals surface area contributed by atoms with Crippen LogP contribution < -0.4 is 10.5 Å². The van der Waals surface area contributed by atoms with Crippen LogP contribution in [0.25, 0.3) is 0 Å². The molecule has 3 N–H and O–H groups in total. The number of hydrogen-bond donors (Lipinski definition) is 2. The molecule has 0 fully saturated rings. The number of aryl methyl sites for hydroxylation is 2. The zero-order chi connectivity index (χ0) is 13.1. The Bertz CT molecular complexity index is 557. The second-order valence-electron chi connectivity index (χ2n) is 3.79. The van der Waals surface area contributed by atoms with Gasteiger partial charge in [-0.3, -0.25) is 0 Å². The highest BCUT2D eigenvalue weighted by Gasteiger charge is 2.20. The first-order valence-electron chi connectivity index (χ1n) is 5.19. The predicted octanol–water partition coefficient (Wildman–Crippen LogP) is 1.19. The van der Waals surface area contributed by atoms with E-state index in [1.54, 1.807) is 26.0 Å². The number of rotatable bonds is 4. The standard InChI is InChI=1S/C12H16N2O2S/c1-4-5-8-14-17(15,16)12-10(3)7-6-9(2)11(12)13/h1,6-7,14H,5,8,13H2,2-3H3. The Hall–Kier alpha value is -1.51. The second-order valence-corrected chi connectivity index (χ2v) is 5.50. The lowest BCUT2D eigenvalue weighted by Crippen LogP contribution is -2.26. The first-order chi connectivity index (χ1) is 7.90. The third-order valence-electron chi connectivity index (χ3n) is 2.44. The van der Waals surface area contributed by atoms with Crippen LogP contribution >= 0.6 is 0 Å². The number of hydrogen-bond acceptors (Lipinski definition) is 3. The molecule has 1 aromatic rings. The van der Waals surface area contributed by atoms with E-state index >= 15 is 0 Å². The summed E-state index contributed by atoms with van der Waals surface area (Å²) in [4.78, 5) is 0.148. The highest BCUT2D eigenvalue weighted by Crippen LogP contribution is 2.25. The first-order valence-corrected chi connectivity index (χ1v) is 6.67. The number of terminal acetylenes is 1. The lowest BCUT2D eigenvalue weighted by molar-refractivity contribution is 0.582. The summed E-state index contributed by atoms with van der Waals surface area (Å²) in [6.07, 6.45) is 5.42. The lowest BCUT2D eigenvalue weighted by Gasteiger charge is -2.12. The van der Waals surface area contributed by atoms with E-state index in [1.807, 2.05) is 0 Å². The second kappa shape index (κ2) is 5.21. The molecule has 0 aliphatic heterocycles. The van der Waals surface area contributed by atoms with Crippen molar-refractivity contribution in [1.29, 1.82) is 0 Å². The summed E-state index contributed by atoms with van der Waals surface area (Å²) in [7, 11) is -3.59. The van der Waals surface area contributed by atoms with Crippen molar-refractivity contribution >= 4 is 15.7 Å². The van der Waals surface area contributed by atoms with Gasteiger partial charge in [-0.1, -0.05) is 12.1 Å². The van der Waals surface area contributed by atoms with Gasteiger partial charge in [-0.25, -0.2) is 13.1 Å². The van der Waals surface area contributed by atoms with Gasteiger partial charge in [-0.05, 0) is 25.0 Å². The normalized spacial score (nSPS) is 11.1. The molecule has 0 heterocycles. The van der Waals surface area contributed by atoms with Crippen molar-refractivity contribution in [3.63, 3.8) is 0 Å². The average Bonchev–Trinajstić information content (AvgIpc) is 2.24. The molecule has 5 heteroatoms. The number of anilines is 1. The van der Waals surface area contributed by atoms with Crippen LogP contribution in [-0.2, 0) is 10.0 Å². The third kappa shape index (κ3) is 2.99. The van der Waals surface area contributed by atoms with Gasteiger partial charge >= 0.3 is 0 Å². The van der Waals surface area contributed by atoms with E-state index in [-0.39, 0.29) is 11.4 Å². The highest BCUT2D eigenvalue weighted by atomic mass is 32.2. The van der Waals surface area contributed by atoms with Crippen molar-refractivity contribution in [2.75, 3.05) is 12.3 Å². The van der Waals surface area contributed by atoms with Crippen molar-refractivity contribution in [2.24, 2.45) is 0 Å². The van der Waals surface area contributed by atoms with Gasteiger partial charge < -0.3 is 5.73 Å². The minimum Gasteiger partial charge on any atom is -0.397 e. The molecule has 0 amide bonds. The summed E-state index contributed by atoms with van der Waals surface area (Å²) >= 11 is 0. The molecule has 0 saturated heterocycles. The molecular formula is C12H16N2O2S. The fraction of sp³-hybridized carbons (Fsp3) is 0.333. The van der Waals surface area contributed by atoms with E-state index < -0.39 is 10.0 Å². The van der Waals surface area contributed by atoms with Gasteiger partial charge in [0, 0.05) is 13.0 Å². The maximum atomic E-state index is 12.0. The molecule has 92 valence electrons. The van der Waals surface area contributed by atoms with Gasteiger partial charge in [0.15, 0.2) is 0 Å². The maximum absolute atomic E-state index is 12.0. The summed E-state index contributed by atoms with van der Waals surface area (Å²) in [6, 6.07) is 3.53. The fourth-order valence-corrected chi connectivity index (χ4v) is 2.95. The highest BCUT2D eigenvalue weighted by molar-refractivity contribution is 7.89. The molecule has 0 atom stereocenters. The minimum absolute atomic E-state index is 0.148. The van der Waals surface area contributed by atoms with Crippen molar-refractivity contribution in [2.45, 2.75) is 25.2 Å². The molecule has 0 aliphatic rings. The molecule has 1 aromatic carbocycles. The summed E-state index contributed by atoms with van der Waals surface area (Å²) < 4.78 is 26.5. The molecule has 17 heavy (non-hydrogen) atoms. The zero-order valence-electron chi connectivity index (χ0n) is 9.95. The number of nitrogens with one attached hydrogen (secondary N) is 1. The van der Waals surface area contributed by atoms with Crippen LogP contribution in [0.2, 0.25) is 0 Å². The van der Waals surface area contributed by atoms with Crippen LogP contribution in [0.5, 0.6) is 0 Å². The Morgan fingerprint density at radius 1 is 1.35 bits per heavy atom. The fourth-order valence-electron chi connectivity index (χ4n) is 1.49. The molecule has 0 radical (unpaired) electrons. The number of sulfonamides is 1. The van der Waals surface area contributed by atoms with Gasteiger partial charge in [0.25, 0.3) is 0 Å². The van der Waals surface area contributed by atoms with E-state index in [1.165, 1.54) is 0 Å². The van der Waals surface area contributed by atoms with Crippen molar-refractivity contribution in [3.05, 3.63) is 23.3 Å². The summed E-state index contributed by atoms with van der Waals surface area (Å²) in [5.74, 6) is 2.37. The Kier molecular flexibility index (Phi) is 4.16. The maximum Gasteiger partial charge on any atom is 0.242 e. The number of nitrogen functional groups attached to an aromatic ring is 1. The summed E-state index contributed by atoms with van der Waals surface area (Å²) in [5, 5.41) is 0. The number of nitrogens with two attached hydrogens (primary N) is 1. The van der Waals surface area contributed by atoms with Crippen molar-refractivity contribution < 1.29 is 8.42 Å². The van der Waals surface area contributed by atoms with Gasteiger partial charge in [-0.15, -0.1) is 12.3 Å². The smallest absolute Gasteiger partial charge is 0.242 e. The molecule has 4 nitrogen and oxygen atoms in total. The molecular weight excluding hydrogens is 236 g/mol. The molecule has 0 aromatic heterocycles. The summed E-state index contributed by atoms with van der Waals surface area (Å²) in [5.41, 5.74) is 7.47. The van der Waals surface area contributed by atoms with Crippen LogP contribution in [0, 0.1) is 26.2 Å². The van der Waals surface area contributed by atoms with Crippen LogP contribution in [0.15, 0.2) is 17.0 Å². The lowest BCUT2D eigenvalue weighted by atomic mass is 10.1. The quantitative estimate of drug-likeness (QED) is 0.480. The average molecular weight is 252 g/mol. The molecule has 0 aliphatic carbocycles. The van der Waals surface area contributed by atoms with Crippen LogP contribution in [0.4, 0.5) is 5.69 Å². The molecule has 1 rings (SSSR count). The van der Waals surface area contributed by atoms with Gasteiger partial charge in [0.05, 0.1) is 5.69 Å².